The second-order valence-electron chi connectivity index (χ2n) is 7.28. The summed E-state index contributed by atoms with van der Waals surface area (Å²) in [5.74, 6) is -0.498. The molecule has 0 aliphatic heterocycles. The third-order valence-corrected chi connectivity index (χ3v) is 4.99. The van der Waals surface area contributed by atoms with E-state index in [9.17, 15) is 9.59 Å². The predicted octanol–water partition coefficient (Wildman–Crippen LogP) is 3.55. The average molecular weight is 425 g/mol. The zero-order valence-electron chi connectivity index (χ0n) is 17.4. The standard InChI is InChI=1S/C25H23N5O2/c31-24(21-12-10-20(11-13-21)16-30-18-26-17-28-30)29-23-9-5-4-8-22(23)25(32)27-15-14-19-6-2-1-3-7-19/h1-13,17-18H,14-16H2,(H,27,32)(H,29,31). The Hall–Kier alpha value is -4.26. The molecule has 0 bridgehead atoms. The fourth-order valence-electron chi connectivity index (χ4n) is 3.31. The molecule has 2 N–H and O–H groups in total. The number of rotatable bonds is 8. The van der Waals surface area contributed by atoms with Crippen LogP contribution in [0.4, 0.5) is 5.69 Å². The Kier molecular flexibility index (Phi) is 6.67. The molecular formula is C25H23N5O2. The largest absolute Gasteiger partial charge is 0.352 e. The number of benzene rings is 3. The number of carbonyl (C=O) groups is 2. The third-order valence-electron chi connectivity index (χ3n) is 4.99. The number of amides is 2. The normalized spacial score (nSPS) is 10.5. The first-order chi connectivity index (χ1) is 15.7. The van der Waals surface area contributed by atoms with Gasteiger partial charge in [-0.15, -0.1) is 0 Å². The van der Waals surface area contributed by atoms with Gasteiger partial charge < -0.3 is 10.6 Å². The first-order valence-corrected chi connectivity index (χ1v) is 10.3. The topological polar surface area (TPSA) is 88.9 Å². The van der Waals surface area contributed by atoms with E-state index in [-0.39, 0.29) is 11.8 Å². The maximum Gasteiger partial charge on any atom is 0.255 e. The summed E-state index contributed by atoms with van der Waals surface area (Å²) in [6.45, 7) is 1.09. The molecule has 4 rings (SSSR count). The van der Waals surface area contributed by atoms with Crippen LogP contribution in [0.1, 0.15) is 31.8 Å². The van der Waals surface area contributed by atoms with Crippen LogP contribution in [-0.2, 0) is 13.0 Å². The van der Waals surface area contributed by atoms with E-state index in [0.29, 0.717) is 29.9 Å². The monoisotopic (exact) mass is 425 g/mol. The maximum atomic E-state index is 12.7. The quantitative estimate of drug-likeness (QED) is 0.452. The Balaban J connectivity index is 1.37. The molecule has 3 aromatic carbocycles. The number of anilines is 1. The highest BCUT2D eigenvalue weighted by Crippen LogP contribution is 2.17. The number of aromatic nitrogens is 3. The van der Waals surface area contributed by atoms with Gasteiger partial charge in [0.15, 0.2) is 0 Å². The van der Waals surface area contributed by atoms with Gasteiger partial charge in [0.1, 0.15) is 12.7 Å². The molecule has 0 unspecified atom stereocenters. The Labute approximate surface area is 186 Å². The van der Waals surface area contributed by atoms with E-state index in [1.54, 1.807) is 47.4 Å². The highest BCUT2D eigenvalue weighted by molar-refractivity contribution is 6.09. The van der Waals surface area contributed by atoms with Gasteiger partial charge in [0, 0.05) is 12.1 Å². The third kappa shape index (κ3) is 5.46. The number of carbonyl (C=O) groups excluding carboxylic acids is 2. The molecule has 0 aliphatic carbocycles. The van der Waals surface area contributed by atoms with Gasteiger partial charge >= 0.3 is 0 Å². The summed E-state index contributed by atoms with van der Waals surface area (Å²) < 4.78 is 1.71. The lowest BCUT2D eigenvalue weighted by Crippen LogP contribution is -2.27. The van der Waals surface area contributed by atoms with E-state index in [4.69, 9.17) is 0 Å². The van der Waals surface area contributed by atoms with Gasteiger partial charge in [-0.3, -0.25) is 9.59 Å². The fraction of sp³-hybridized carbons (Fsp3) is 0.120. The van der Waals surface area contributed by atoms with Crippen molar-refractivity contribution in [1.29, 1.82) is 0 Å². The zero-order chi connectivity index (χ0) is 22.2. The van der Waals surface area contributed by atoms with Crippen molar-refractivity contribution in [2.24, 2.45) is 0 Å². The smallest absolute Gasteiger partial charge is 0.255 e. The summed E-state index contributed by atoms with van der Waals surface area (Å²) in [6.07, 6.45) is 3.86. The Morgan fingerprint density at radius 2 is 1.56 bits per heavy atom. The van der Waals surface area contributed by atoms with Gasteiger partial charge in [-0.05, 0) is 41.8 Å². The summed E-state index contributed by atoms with van der Waals surface area (Å²) >= 11 is 0. The van der Waals surface area contributed by atoms with Crippen molar-refractivity contribution in [3.63, 3.8) is 0 Å². The van der Waals surface area contributed by atoms with Crippen LogP contribution in [-0.4, -0.2) is 33.1 Å². The lowest BCUT2D eigenvalue weighted by Gasteiger charge is -2.12. The summed E-state index contributed by atoms with van der Waals surface area (Å²) in [7, 11) is 0. The summed E-state index contributed by atoms with van der Waals surface area (Å²) in [4.78, 5) is 29.4. The molecule has 2 amide bonds. The molecule has 0 aliphatic rings. The van der Waals surface area contributed by atoms with Gasteiger partial charge in [-0.1, -0.05) is 54.6 Å². The van der Waals surface area contributed by atoms with Crippen LogP contribution in [0.5, 0.6) is 0 Å². The Bertz CT molecular complexity index is 1170. The van der Waals surface area contributed by atoms with E-state index in [0.717, 1.165) is 17.5 Å². The van der Waals surface area contributed by atoms with Crippen LogP contribution in [0.2, 0.25) is 0 Å². The van der Waals surface area contributed by atoms with E-state index in [1.807, 2.05) is 42.5 Å². The molecule has 0 saturated heterocycles. The number of para-hydroxylation sites is 1. The zero-order valence-corrected chi connectivity index (χ0v) is 17.4. The van der Waals surface area contributed by atoms with Crippen molar-refractivity contribution < 1.29 is 9.59 Å². The molecule has 0 radical (unpaired) electrons. The molecule has 32 heavy (non-hydrogen) atoms. The van der Waals surface area contributed by atoms with Crippen LogP contribution in [0, 0.1) is 0 Å². The Morgan fingerprint density at radius 3 is 2.31 bits per heavy atom. The molecule has 7 nitrogen and oxygen atoms in total. The van der Waals surface area contributed by atoms with E-state index < -0.39 is 0 Å². The van der Waals surface area contributed by atoms with Gasteiger partial charge in [0.2, 0.25) is 0 Å². The van der Waals surface area contributed by atoms with Gasteiger partial charge in [0.05, 0.1) is 17.8 Å². The van der Waals surface area contributed by atoms with E-state index >= 15 is 0 Å². The second-order valence-corrected chi connectivity index (χ2v) is 7.28. The number of nitrogens with zero attached hydrogens (tertiary/aromatic N) is 3. The molecule has 0 fully saturated rings. The number of hydrogen-bond acceptors (Lipinski definition) is 4. The molecule has 160 valence electrons. The highest BCUT2D eigenvalue weighted by Gasteiger charge is 2.14. The minimum atomic E-state index is -0.276. The predicted molar refractivity (Wildman–Crippen MR) is 122 cm³/mol. The first-order valence-electron chi connectivity index (χ1n) is 10.3. The van der Waals surface area contributed by atoms with Gasteiger partial charge in [0.25, 0.3) is 11.8 Å². The molecule has 0 spiro atoms. The molecule has 7 heteroatoms. The van der Waals surface area contributed by atoms with Crippen LogP contribution in [0.25, 0.3) is 0 Å². The average Bonchev–Trinajstić information content (AvgIpc) is 3.33. The summed E-state index contributed by atoms with van der Waals surface area (Å²) in [5.41, 5.74) is 3.57. The Morgan fingerprint density at radius 1 is 0.812 bits per heavy atom. The number of hydrogen-bond donors (Lipinski definition) is 2. The SMILES string of the molecule is O=C(Nc1ccccc1C(=O)NCCc1ccccc1)c1ccc(Cn2cncn2)cc1. The first kappa shape index (κ1) is 21.0. The van der Waals surface area contributed by atoms with Crippen molar-refractivity contribution >= 4 is 17.5 Å². The van der Waals surface area contributed by atoms with E-state index in [2.05, 4.69) is 20.7 Å². The number of nitrogens with one attached hydrogen (secondary N) is 2. The molecule has 1 heterocycles. The molecular weight excluding hydrogens is 402 g/mol. The van der Waals surface area contributed by atoms with Crippen molar-refractivity contribution in [2.75, 3.05) is 11.9 Å². The fourth-order valence-corrected chi connectivity index (χ4v) is 3.31. The van der Waals surface area contributed by atoms with Crippen LogP contribution in [0.15, 0.2) is 91.5 Å². The second kappa shape index (κ2) is 10.2. The maximum absolute atomic E-state index is 12.7. The van der Waals surface area contributed by atoms with E-state index in [1.165, 1.54) is 6.33 Å². The lowest BCUT2D eigenvalue weighted by atomic mass is 10.1. The molecule has 4 aromatic rings. The van der Waals surface area contributed by atoms with Crippen molar-refractivity contribution in [2.45, 2.75) is 13.0 Å². The van der Waals surface area contributed by atoms with Crippen molar-refractivity contribution in [3.8, 4) is 0 Å². The van der Waals surface area contributed by atoms with Crippen LogP contribution in [0.3, 0.4) is 0 Å². The van der Waals surface area contributed by atoms with Gasteiger partial charge in [-0.2, -0.15) is 5.10 Å². The van der Waals surface area contributed by atoms with Crippen molar-refractivity contribution in [1.82, 2.24) is 20.1 Å². The molecule has 0 saturated carbocycles. The molecule has 0 atom stereocenters. The highest BCUT2D eigenvalue weighted by atomic mass is 16.2. The van der Waals surface area contributed by atoms with Crippen LogP contribution < -0.4 is 10.6 Å². The van der Waals surface area contributed by atoms with Gasteiger partial charge in [-0.25, -0.2) is 9.67 Å². The van der Waals surface area contributed by atoms with Crippen molar-refractivity contribution in [3.05, 3.63) is 114 Å². The minimum Gasteiger partial charge on any atom is -0.352 e. The van der Waals surface area contributed by atoms with Crippen LogP contribution >= 0.6 is 0 Å². The lowest BCUT2D eigenvalue weighted by molar-refractivity contribution is 0.0955. The summed E-state index contributed by atoms with van der Waals surface area (Å²) in [5, 5.41) is 9.86. The summed E-state index contributed by atoms with van der Waals surface area (Å²) in [6, 6.07) is 24.2. The molecule has 1 aromatic heterocycles. The minimum absolute atomic E-state index is 0.222.